The van der Waals surface area contributed by atoms with Crippen LogP contribution in [0.4, 0.5) is 0 Å². The summed E-state index contributed by atoms with van der Waals surface area (Å²) < 4.78 is 29.0. The fraction of sp³-hybridized carbons (Fsp3) is 0.947. The summed E-state index contributed by atoms with van der Waals surface area (Å²) in [5.74, 6) is 1.39. The topological polar surface area (TPSA) is 83.0 Å². The smallest absolute Gasteiger partial charge is 0.191 e. The van der Waals surface area contributed by atoms with Gasteiger partial charge in [-0.3, -0.25) is 9.89 Å². The Bertz CT molecular complexity index is 582. The Labute approximate surface area is 188 Å². The van der Waals surface area contributed by atoms with Crippen molar-refractivity contribution >= 4 is 39.8 Å². The maximum absolute atomic E-state index is 11.5. The fourth-order valence-corrected chi connectivity index (χ4v) is 5.62. The van der Waals surface area contributed by atoms with E-state index in [2.05, 4.69) is 43.2 Å². The van der Waals surface area contributed by atoms with Gasteiger partial charge in [-0.2, -0.15) is 0 Å². The molecule has 0 aromatic carbocycles. The molecule has 9 heteroatoms. The first kappa shape index (κ1) is 25.9. The number of hydrogen-bond donors (Lipinski definition) is 2. The minimum absolute atomic E-state index is 0. The van der Waals surface area contributed by atoms with Crippen molar-refractivity contribution in [2.24, 2.45) is 10.4 Å². The SMILES string of the molecule is CCNC(=NCCN1CCS(=O)(=O)CC1)NC1CC(OCC)C1(CC)CC.I. The highest BCUT2D eigenvalue weighted by atomic mass is 127. The lowest BCUT2D eigenvalue weighted by atomic mass is 9.58. The number of nitrogens with zero attached hydrogens (tertiary/aromatic N) is 2. The first-order chi connectivity index (χ1) is 12.9. The standard InChI is InChI=1S/C19H38N4O3S.HI/c1-5-19(6-2)16(15-17(19)26-8-4)22-18(20-7-3)21-9-10-23-11-13-27(24,25)14-12-23;/h16-17H,5-15H2,1-4H3,(H2,20,21,22);1H. The first-order valence-corrected chi connectivity index (χ1v) is 12.3. The van der Waals surface area contributed by atoms with E-state index in [0.717, 1.165) is 44.9 Å². The van der Waals surface area contributed by atoms with Crippen LogP contribution in [-0.2, 0) is 14.6 Å². The van der Waals surface area contributed by atoms with Crippen LogP contribution in [-0.4, -0.2) is 82.3 Å². The van der Waals surface area contributed by atoms with Gasteiger partial charge in [0, 0.05) is 44.2 Å². The molecule has 1 aliphatic carbocycles. The lowest BCUT2D eigenvalue weighted by molar-refractivity contribution is -0.133. The summed E-state index contributed by atoms with van der Waals surface area (Å²) in [4.78, 5) is 6.92. The molecule has 0 radical (unpaired) electrons. The van der Waals surface area contributed by atoms with Gasteiger partial charge in [-0.15, -0.1) is 24.0 Å². The van der Waals surface area contributed by atoms with Gasteiger partial charge in [-0.1, -0.05) is 13.8 Å². The maximum Gasteiger partial charge on any atom is 0.191 e. The minimum Gasteiger partial charge on any atom is -0.378 e. The third-order valence-corrected chi connectivity index (χ3v) is 7.86. The van der Waals surface area contributed by atoms with Crippen molar-refractivity contribution in [2.75, 3.05) is 50.8 Å². The van der Waals surface area contributed by atoms with Crippen molar-refractivity contribution in [1.29, 1.82) is 0 Å². The molecular formula is C19H39IN4O3S. The van der Waals surface area contributed by atoms with E-state index in [1.807, 2.05) is 0 Å². The zero-order valence-corrected chi connectivity index (χ0v) is 21.0. The van der Waals surface area contributed by atoms with E-state index < -0.39 is 9.84 Å². The third-order valence-electron chi connectivity index (χ3n) is 6.25. The van der Waals surface area contributed by atoms with Crippen LogP contribution in [0, 0.1) is 5.41 Å². The molecule has 7 nitrogen and oxygen atoms in total. The highest BCUT2D eigenvalue weighted by Crippen LogP contribution is 2.48. The Morgan fingerprint density at radius 1 is 1.18 bits per heavy atom. The summed E-state index contributed by atoms with van der Waals surface area (Å²) in [5, 5.41) is 6.98. The molecule has 0 bridgehead atoms. The summed E-state index contributed by atoms with van der Waals surface area (Å²) in [6.45, 7) is 12.9. The number of hydrogen-bond acceptors (Lipinski definition) is 5. The van der Waals surface area contributed by atoms with E-state index in [0.29, 0.717) is 31.8 Å². The predicted octanol–water partition coefficient (Wildman–Crippen LogP) is 1.87. The van der Waals surface area contributed by atoms with Crippen LogP contribution in [0.25, 0.3) is 0 Å². The van der Waals surface area contributed by atoms with Crippen molar-refractivity contribution in [2.45, 2.75) is 59.1 Å². The Morgan fingerprint density at radius 3 is 2.36 bits per heavy atom. The zero-order chi connectivity index (χ0) is 19.9. The van der Waals surface area contributed by atoms with Crippen molar-refractivity contribution < 1.29 is 13.2 Å². The van der Waals surface area contributed by atoms with Crippen molar-refractivity contribution in [3.63, 3.8) is 0 Å². The van der Waals surface area contributed by atoms with Crippen molar-refractivity contribution in [1.82, 2.24) is 15.5 Å². The predicted molar refractivity (Wildman–Crippen MR) is 126 cm³/mol. The van der Waals surface area contributed by atoms with Gasteiger partial charge in [-0.05, 0) is 33.1 Å². The molecule has 2 aliphatic rings. The molecule has 1 heterocycles. The normalized spacial score (nSPS) is 26.8. The quantitative estimate of drug-likeness (QED) is 0.269. The van der Waals surface area contributed by atoms with Gasteiger partial charge in [0.25, 0.3) is 0 Å². The minimum atomic E-state index is -2.82. The third kappa shape index (κ3) is 6.43. The Hall–Kier alpha value is -0.130. The number of nitrogens with one attached hydrogen (secondary N) is 2. The summed E-state index contributed by atoms with van der Waals surface area (Å²) in [7, 11) is -2.82. The molecule has 1 saturated carbocycles. The highest BCUT2D eigenvalue weighted by Gasteiger charge is 2.53. The lowest BCUT2D eigenvalue weighted by Crippen LogP contribution is -2.65. The Morgan fingerprint density at radius 2 is 1.82 bits per heavy atom. The van der Waals surface area contributed by atoms with E-state index >= 15 is 0 Å². The maximum atomic E-state index is 11.5. The summed E-state index contributed by atoms with van der Waals surface area (Å²) in [6.07, 6.45) is 3.53. The van der Waals surface area contributed by atoms with Crippen LogP contribution >= 0.6 is 24.0 Å². The molecule has 2 unspecified atom stereocenters. The molecule has 2 N–H and O–H groups in total. The van der Waals surface area contributed by atoms with Gasteiger partial charge in [0.1, 0.15) is 0 Å². The van der Waals surface area contributed by atoms with E-state index in [-0.39, 0.29) is 40.9 Å². The molecule has 0 amide bonds. The number of ether oxygens (including phenoxy) is 1. The van der Waals surface area contributed by atoms with Gasteiger partial charge >= 0.3 is 0 Å². The second kappa shape index (κ2) is 11.9. The largest absolute Gasteiger partial charge is 0.378 e. The van der Waals surface area contributed by atoms with Crippen LogP contribution in [0.1, 0.15) is 47.0 Å². The number of sulfone groups is 1. The van der Waals surface area contributed by atoms with E-state index in [9.17, 15) is 8.42 Å². The number of guanidine groups is 1. The average Bonchev–Trinajstić information content (AvgIpc) is 2.63. The Balaban J connectivity index is 0.00000392. The molecule has 2 fully saturated rings. The molecule has 166 valence electrons. The van der Waals surface area contributed by atoms with Crippen LogP contribution in [0.15, 0.2) is 4.99 Å². The first-order valence-electron chi connectivity index (χ1n) is 10.5. The van der Waals surface area contributed by atoms with Crippen LogP contribution in [0.5, 0.6) is 0 Å². The highest BCUT2D eigenvalue weighted by molar-refractivity contribution is 14.0. The molecule has 0 spiro atoms. The van der Waals surface area contributed by atoms with Crippen molar-refractivity contribution in [3.05, 3.63) is 0 Å². The monoisotopic (exact) mass is 530 g/mol. The molecule has 1 aliphatic heterocycles. The average molecular weight is 531 g/mol. The molecule has 28 heavy (non-hydrogen) atoms. The van der Waals surface area contributed by atoms with E-state index in [4.69, 9.17) is 9.73 Å². The van der Waals surface area contributed by atoms with E-state index in [1.165, 1.54) is 0 Å². The van der Waals surface area contributed by atoms with Gasteiger partial charge in [0.05, 0.1) is 24.2 Å². The molecule has 0 aromatic rings. The molecule has 2 rings (SSSR count). The second-order valence-electron chi connectivity index (χ2n) is 7.57. The van der Waals surface area contributed by atoms with Gasteiger partial charge in [0.2, 0.25) is 0 Å². The number of rotatable bonds is 9. The fourth-order valence-electron chi connectivity index (χ4n) is 4.35. The number of halogens is 1. The summed E-state index contributed by atoms with van der Waals surface area (Å²) in [6, 6.07) is 0.377. The van der Waals surface area contributed by atoms with E-state index in [1.54, 1.807) is 0 Å². The lowest BCUT2D eigenvalue weighted by Gasteiger charge is -2.55. The molecule has 1 saturated heterocycles. The summed E-state index contributed by atoms with van der Waals surface area (Å²) in [5.41, 5.74) is 0.174. The van der Waals surface area contributed by atoms with Crippen molar-refractivity contribution in [3.8, 4) is 0 Å². The van der Waals surface area contributed by atoms with Crippen LogP contribution in [0.3, 0.4) is 0 Å². The zero-order valence-electron chi connectivity index (χ0n) is 17.9. The number of aliphatic imine (C=N–C) groups is 1. The van der Waals surface area contributed by atoms with Crippen LogP contribution in [0.2, 0.25) is 0 Å². The van der Waals surface area contributed by atoms with Gasteiger partial charge in [0.15, 0.2) is 15.8 Å². The molecular weight excluding hydrogens is 491 g/mol. The Kier molecular flexibility index (Phi) is 11.0. The second-order valence-corrected chi connectivity index (χ2v) is 9.87. The van der Waals surface area contributed by atoms with Gasteiger partial charge in [-0.25, -0.2) is 8.42 Å². The molecule has 0 aromatic heterocycles. The van der Waals surface area contributed by atoms with Gasteiger partial charge < -0.3 is 15.4 Å². The van der Waals surface area contributed by atoms with Crippen LogP contribution < -0.4 is 10.6 Å². The molecule has 2 atom stereocenters. The summed E-state index contributed by atoms with van der Waals surface area (Å²) >= 11 is 0.